The number of non-ortho nitro benzene ring substituents is 1. The van der Waals surface area contributed by atoms with Crippen LogP contribution < -0.4 is 4.74 Å². The third kappa shape index (κ3) is 3.55. The van der Waals surface area contributed by atoms with Crippen molar-refractivity contribution in [1.29, 1.82) is 0 Å². The Kier molecular flexibility index (Phi) is 3.95. The number of carboxylic acids is 1. The molecule has 102 valence electrons. The van der Waals surface area contributed by atoms with E-state index in [0.717, 1.165) is 0 Å². The van der Waals surface area contributed by atoms with Gasteiger partial charge in [-0.1, -0.05) is 12.1 Å². The molecule has 0 fully saturated rings. The number of carboxylic acid groups (broad SMARTS) is 1. The van der Waals surface area contributed by atoms with Gasteiger partial charge >= 0.3 is 5.97 Å². The van der Waals surface area contributed by atoms with Crippen molar-refractivity contribution >= 4 is 11.7 Å². The topological polar surface area (TPSA) is 89.7 Å². The van der Waals surface area contributed by atoms with Gasteiger partial charge in [0.25, 0.3) is 5.69 Å². The van der Waals surface area contributed by atoms with E-state index in [1.165, 1.54) is 24.3 Å². The van der Waals surface area contributed by atoms with Crippen molar-refractivity contribution in [2.45, 2.75) is 6.42 Å². The molecule has 2 aromatic carbocycles. The zero-order valence-electron chi connectivity index (χ0n) is 10.4. The summed E-state index contributed by atoms with van der Waals surface area (Å²) in [5.74, 6) is 0.0122. The number of ether oxygens (including phenoxy) is 1. The number of nitro benzene ring substituents is 1. The Hall–Kier alpha value is -2.89. The molecule has 0 heterocycles. The lowest BCUT2D eigenvalue weighted by Gasteiger charge is -2.06. The highest BCUT2D eigenvalue weighted by atomic mass is 16.6. The van der Waals surface area contributed by atoms with Crippen molar-refractivity contribution in [3.8, 4) is 11.5 Å². The Morgan fingerprint density at radius 3 is 2.45 bits per heavy atom. The van der Waals surface area contributed by atoms with Gasteiger partial charge < -0.3 is 9.84 Å². The smallest absolute Gasteiger partial charge is 0.307 e. The Balaban J connectivity index is 2.13. The van der Waals surface area contributed by atoms with Crippen LogP contribution in [0.3, 0.4) is 0 Å². The van der Waals surface area contributed by atoms with Crippen molar-refractivity contribution < 1.29 is 19.6 Å². The van der Waals surface area contributed by atoms with Crippen molar-refractivity contribution in [2.24, 2.45) is 0 Å². The summed E-state index contributed by atoms with van der Waals surface area (Å²) in [5, 5.41) is 19.3. The first kappa shape index (κ1) is 13.5. The van der Waals surface area contributed by atoms with Crippen molar-refractivity contribution in [3.05, 3.63) is 64.2 Å². The summed E-state index contributed by atoms with van der Waals surface area (Å²) in [4.78, 5) is 20.7. The van der Waals surface area contributed by atoms with Crippen LogP contribution in [0.5, 0.6) is 11.5 Å². The van der Waals surface area contributed by atoms with Gasteiger partial charge in [-0.25, -0.2) is 0 Å². The molecule has 20 heavy (non-hydrogen) atoms. The van der Waals surface area contributed by atoms with E-state index < -0.39 is 10.9 Å². The first-order valence-electron chi connectivity index (χ1n) is 5.77. The number of benzene rings is 2. The molecule has 0 aliphatic rings. The summed E-state index contributed by atoms with van der Waals surface area (Å²) in [6.45, 7) is 0. The molecule has 0 atom stereocenters. The summed E-state index contributed by atoms with van der Waals surface area (Å²) < 4.78 is 5.52. The van der Waals surface area contributed by atoms with Crippen LogP contribution in [0.1, 0.15) is 5.56 Å². The summed E-state index contributed by atoms with van der Waals surface area (Å²) in [6, 6.07) is 12.4. The van der Waals surface area contributed by atoms with Gasteiger partial charge in [0.2, 0.25) is 0 Å². The highest BCUT2D eigenvalue weighted by molar-refractivity contribution is 5.70. The highest BCUT2D eigenvalue weighted by Crippen LogP contribution is 2.24. The lowest BCUT2D eigenvalue weighted by Crippen LogP contribution is -1.99. The van der Waals surface area contributed by atoms with Gasteiger partial charge in [-0.05, 0) is 29.8 Å². The third-order valence-corrected chi connectivity index (χ3v) is 2.54. The second-order valence-electron chi connectivity index (χ2n) is 4.07. The van der Waals surface area contributed by atoms with Gasteiger partial charge in [0.1, 0.15) is 11.5 Å². The Morgan fingerprint density at radius 2 is 1.85 bits per heavy atom. The summed E-state index contributed by atoms with van der Waals surface area (Å²) in [6.07, 6.45) is -0.0859. The molecule has 0 spiro atoms. The van der Waals surface area contributed by atoms with Crippen LogP contribution in [0.15, 0.2) is 48.5 Å². The molecule has 6 nitrogen and oxygen atoms in total. The SMILES string of the molecule is O=C(O)Cc1cccc(Oc2ccc([N+](=O)[O-])cc2)c1. The fraction of sp³-hybridized carbons (Fsp3) is 0.0714. The average Bonchev–Trinajstić information content (AvgIpc) is 2.39. The van der Waals surface area contributed by atoms with E-state index in [4.69, 9.17) is 9.84 Å². The second kappa shape index (κ2) is 5.83. The monoisotopic (exact) mass is 273 g/mol. The van der Waals surface area contributed by atoms with Crippen LogP contribution in [0, 0.1) is 10.1 Å². The van der Waals surface area contributed by atoms with Crippen LogP contribution in [0.2, 0.25) is 0 Å². The standard InChI is InChI=1S/C14H11NO5/c16-14(17)9-10-2-1-3-13(8-10)20-12-6-4-11(5-7-12)15(18)19/h1-8H,9H2,(H,16,17). The molecule has 0 aliphatic carbocycles. The predicted molar refractivity (Wildman–Crippen MR) is 71.0 cm³/mol. The number of hydrogen-bond acceptors (Lipinski definition) is 4. The van der Waals surface area contributed by atoms with E-state index in [1.54, 1.807) is 24.3 Å². The van der Waals surface area contributed by atoms with Crippen molar-refractivity contribution in [1.82, 2.24) is 0 Å². The van der Waals surface area contributed by atoms with Crippen molar-refractivity contribution in [2.75, 3.05) is 0 Å². The molecule has 2 rings (SSSR count). The van der Waals surface area contributed by atoms with E-state index >= 15 is 0 Å². The fourth-order valence-electron chi connectivity index (χ4n) is 1.67. The van der Waals surface area contributed by atoms with Gasteiger partial charge in [-0.15, -0.1) is 0 Å². The molecule has 0 aliphatic heterocycles. The minimum Gasteiger partial charge on any atom is -0.481 e. The first-order valence-corrected chi connectivity index (χ1v) is 5.77. The van der Waals surface area contributed by atoms with Gasteiger partial charge in [0, 0.05) is 12.1 Å². The third-order valence-electron chi connectivity index (χ3n) is 2.54. The average molecular weight is 273 g/mol. The summed E-state index contributed by atoms with van der Waals surface area (Å²) in [5.41, 5.74) is 0.605. The maximum Gasteiger partial charge on any atom is 0.307 e. The molecule has 1 N–H and O–H groups in total. The molecule has 0 unspecified atom stereocenters. The predicted octanol–water partition coefficient (Wildman–Crippen LogP) is 3.01. The van der Waals surface area contributed by atoms with Gasteiger partial charge in [-0.3, -0.25) is 14.9 Å². The lowest BCUT2D eigenvalue weighted by atomic mass is 10.1. The normalized spacial score (nSPS) is 10.0. The van der Waals surface area contributed by atoms with Crippen molar-refractivity contribution in [3.63, 3.8) is 0 Å². The Morgan fingerprint density at radius 1 is 1.15 bits per heavy atom. The molecule has 2 aromatic rings. The zero-order valence-corrected chi connectivity index (χ0v) is 10.4. The Labute approximate surface area is 114 Å². The highest BCUT2D eigenvalue weighted by Gasteiger charge is 2.06. The largest absolute Gasteiger partial charge is 0.481 e. The van der Waals surface area contributed by atoms with Crippen LogP contribution in [-0.2, 0) is 11.2 Å². The molecule has 0 saturated heterocycles. The maximum absolute atomic E-state index is 10.6. The molecule has 0 saturated carbocycles. The van der Waals surface area contributed by atoms with Gasteiger partial charge in [-0.2, -0.15) is 0 Å². The minimum absolute atomic E-state index is 0.0167. The van der Waals surface area contributed by atoms with Gasteiger partial charge in [0.15, 0.2) is 0 Å². The number of carbonyl (C=O) groups is 1. The van der Waals surface area contributed by atoms with E-state index in [1.807, 2.05) is 0 Å². The molecular formula is C14H11NO5. The molecule has 0 radical (unpaired) electrons. The van der Waals surface area contributed by atoms with Crippen LogP contribution in [0.4, 0.5) is 5.69 Å². The summed E-state index contributed by atoms with van der Waals surface area (Å²) >= 11 is 0. The second-order valence-corrected chi connectivity index (χ2v) is 4.07. The Bertz CT molecular complexity index is 636. The minimum atomic E-state index is -0.919. The van der Waals surface area contributed by atoms with E-state index in [2.05, 4.69) is 0 Å². The van der Waals surface area contributed by atoms with E-state index in [9.17, 15) is 14.9 Å². The van der Waals surface area contributed by atoms with E-state index in [-0.39, 0.29) is 12.1 Å². The first-order chi connectivity index (χ1) is 9.54. The molecular weight excluding hydrogens is 262 g/mol. The number of aliphatic carboxylic acids is 1. The van der Waals surface area contributed by atoms with Crippen LogP contribution in [-0.4, -0.2) is 16.0 Å². The number of hydrogen-bond donors (Lipinski definition) is 1. The number of nitro groups is 1. The number of rotatable bonds is 5. The maximum atomic E-state index is 10.6. The molecule has 0 bridgehead atoms. The quantitative estimate of drug-likeness (QED) is 0.668. The zero-order chi connectivity index (χ0) is 14.5. The van der Waals surface area contributed by atoms with Crippen LogP contribution in [0.25, 0.3) is 0 Å². The summed E-state index contributed by atoms with van der Waals surface area (Å²) in [7, 11) is 0. The van der Waals surface area contributed by atoms with E-state index in [0.29, 0.717) is 17.1 Å². The fourth-order valence-corrected chi connectivity index (χ4v) is 1.67. The molecule has 6 heteroatoms. The van der Waals surface area contributed by atoms with Gasteiger partial charge in [0.05, 0.1) is 11.3 Å². The molecule has 0 amide bonds. The lowest BCUT2D eigenvalue weighted by molar-refractivity contribution is -0.384. The number of nitrogens with zero attached hydrogens (tertiary/aromatic N) is 1. The van der Waals surface area contributed by atoms with Crippen LogP contribution >= 0.6 is 0 Å². The molecule has 0 aromatic heterocycles.